The minimum absolute atomic E-state index is 0.0682. The Morgan fingerprint density at radius 1 is 1.06 bits per heavy atom. The van der Waals surface area contributed by atoms with Gasteiger partial charge in [-0.2, -0.15) is 0 Å². The van der Waals surface area contributed by atoms with Crippen molar-refractivity contribution in [2.75, 3.05) is 0 Å². The second-order valence-electron chi connectivity index (χ2n) is 3.82. The van der Waals surface area contributed by atoms with Gasteiger partial charge in [0.05, 0.1) is 0 Å². The first-order valence-corrected chi connectivity index (χ1v) is 6.89. The van der Waals surface area contributed by atoms with Gasteiger partial charge in [-0.1, -0.05) is 23.7 Å². The molecule has 0 bridgehead atoms. The summed E-state index contributed by atoms with van der Waals surface area (Å²) in [5, 5.41) is 3.57. The number of hydrogen-bond acceptors (Lipinski definition) is 1. The quantitative estimate of drug-likeness (QED) is 0.815. The lowest BCUT2D eigenvalue weighted by Crippen LogP contribution is -2.22. The molecule has 92 valence electrons. The van der Waals surface area contributed by atoms with Crippen LogP contribution in [0.4, 0.5) is 0 Å². The molecule has 2 aromatic rings. The van der Waals surface area contributed by atoms with E-state index in [2.05, 4.69) is 27.9 Å². The summed E-state index contributed by atoms with van der Waals surface area (Å²) >= 11 is 8.01. The molecule has 2 aromatic carbocycles. The topological polar surface area (TPSA) is 29.1 Å². The maximum Gasteiger partial charge on any atom is 0.251 e. The highest BCUT2D eigenvalue weighted by molar-refractivity contribution is 14.1. The van der Waals surface area contributed by atoms with E-state index in [-0.39, 0.29) is 5.91 Å². The average Bonchev–Trinajstić information content (AvgIpc) is 2.38. The zero-order valence-electron chi connectivity index (χ0n) is 9.49. The van der Waals surface area contributed by atoms with E-state index in [1.54, 1.807) is 0 Å². The molecule has 0 fully saturated rings. The summed E-state index contributed by atoms with van der Waals surface area (Å²) in [4.78, 5) is 11.9. The van der Waals surface area contributed by atoms with Crippen LogP contribution in [0.5, 0.6) is 0 Å². The van der Waals surface area contributed by atoms with Crippen molar-refractivity contribution in [1.82, 2.24) is 5.32 Å². The Morgan fingerprint density at radius 2 is 1.67 bits per heavy atom. The highest BCUT2D eigenvalue weighted by Gasteiger charge is 2.04. The molecule has 0 aromatic heterocycles. The van der Waals surface area contributed by atoms with Crippen LogP contribution in [-0.4, -0.2) is 5.91 Å². The van der Waals surface area contributed by atoms with Crippen molar-refractivity contribution < 1.29 is 4.79 Å². The monoisotopic (exact) mass is 371 g/mol. The molecule has 1 N–H and O–H groups in total. The van der Waals surface area contributed by atoms with E-state index in [1.165, 1.54) is 0 Å². The molecule has 0 aliphatic heterocycles. The van der Waals surface area contributed by atoms with Gasteiger partial charge in [-0.05, 0) is 64.6 Å². The third-order valence-electron chi connectivity index (χ3n) is 2.47. The summed E-state index contributed by atoms with van der Waals surface area (Å²) in [6.45, 7) is 0.502. The fourth-order valence-electron chi connectivity index (χ4n) is 1.49. The standard InChI is InChI=1S/C14H11ClINO/c15-12-5-1-10(2-6-12)9-17-14(18)11-3-7-13(16)8-4-11/h1-8H,9H2,(H,17,18). The summed E-state index contributed by atoms with van der Waals surface area (Å²) in [6, 6.07) is 14.9. The number of halogens is 2. The lowest BCUT2D eigenvalue weighted by molar-refractivity contribution is 0.0951. The van der Waals surface area contributed by atoms with Crippen molar-refractivity contribution in [1.29, 1.82) is 0 Å². The Labute approximate surface area is 124 Å². The molecule has 4 heteroatoms. The molecule has 2 rings (SSSR count). The van der Waals surface area contributed by atoms with E-state index in [0.717, 1.165) is 9.13 Å². The first kappa shape index (κ1) is 13.4. The van der Waals surface area contributed by atoms with E-state index >= 15 is 0 Å². The number of benzene rings is 2. The fraction of sp³-hybridized carbons (Fsp3) is 0.0714. The minimum Gasteiger partial charge on any atom is -0.348 e. The largest absolute Gasteiger partial charge is 0.348 e. The SMILES string of the molecule is O=C(NCc1ccc(Cl)cc1)c1ccc(I)cc1. The number of carbonyl (C=O) groups excluding carboxylic acids is 1. The highest BCUT2D eigenvalue weighted by Crippen LogP contribution is 2.10. The van der Waals surface area contributed by atoms with Crippen LogP contribution in [0.3, 0.4) is 0 Å². The molecule has 0 saturated heterocycles. The van der Waals surface area contributed by atoms with E-state index < -0.39 is 0 Å². The van der Waals surface area contributed by atoms with Gasteiger partial charge in [-0.15, -0.1) is 0 Å². The lowest BCUT2D eigenvalue weighted by Gasteiger charge is -2.05. The Bertz CT molecular complexity index is 537. The Morgan fingerprint density at radius 3 is 2.28 bits per heavy atom. The second kappa shape index (κ2) is 6.20. The summed E-state index contributed by atoms with van der Waals surface area (Å²) in [6.07, 6.45) is 0. The summed E-state index contributed by atoms with van der Waals surface area (Å²) in [5.41, 5.74) is 1.70. The third-order valence-corrected chi connectivity index (χ3v) is 3.44. The molecule has 2 nitrogen and oxygen atoms in total. The maximum atomic E-state index is 11.9. The van der Waals surface area contributed by atoms with Gasteiger partial charge in [0, 0.05) is 20.7 Å². The zero-order valence-corrected chi connectivity index (χ0v) is 12.4. The molecule has 0 atom stereocenters. The van der Waals surface area contributed by atoms with Crippen molar-refractivity contribution in [2.45, 2.75) is 6.54 Å². The first-order chi connectivity index (χ1) is 8.65. The Hall–Kier alpha value is -1.07. The number of amides is 1. The number of hydrogen-bond donors (Lipinski definition) is 1. The van der Waals surface area contributed by atoms with Gasteiger partial charge in [0.25, 0.3) is 5.91 Å². The minimum atomic E-state index is -0.0682. The number of rotatable bonds is 3. The second-order valence-corrected chi connectivity index (χ2v) is 5.50. The van der Waals surface area contributed by atoms with Crippen molar-refractivity contribution in [3.8, 4) is 0 Å². The van der Waals surface area contributed by atoms with Crippen LogP contribution in [0.2, 0.25) is 5.02 Å². The molecule has 0 saturated carbocycles. The van der Waals surface area contributed by atoms with Crippen LogP contribution < -0.4 is 5.32 Å². The lowest BCUT2D eigenvalue weighted by atomic mass is 10.2. The summed E-state index contributed by atoms with van der Waals surface area (Å²) in [5.74, 6) is -0.0682. The smallest absolute Gasteiger partial charge is 0.251 e. The summed E-state index contributed by atoms with van der Waals surface area (Å²) in [7, 11) is 0. The van der Waals surface area contributed by atoms with Crippen molar-refractivity contribution >= 4 is 40.1 Å². The Balaban J connectivity index is 1.96. The molecule has 18 heavy (non-hydrogen) atoms. The maximum absolute atomic E-state index is 11.9. The van der Waals surface area contributed by atoms with Crippen molar-refractivity contribution in [3.63, 3.8) is 0 Å². The fourth-order valence-corrected chi connectivity index (χ4v) is 1.97. The van der Waals surface area contributed by atoms with Crippen molar-refractivity contribution in [3.05, 3.63) is 68.3 Å². The summed E-state index contributed by atoms with van der Waals surface area (Å²) < 4.78 is 1.11. The van der Waals surface area contributed by atoms with E-state index in [0.29, 0.717) is 17.1 Å². The molecule has 0 aliphatic rings. The first-order valence-electron chi connectivity index (χ1n) is 5.43. The van der Waals surface area contributed by atoms with Gasteiger partial charge < -0.3 is 5.32 Å². The highest BCUT2D eigenvalue weighted by atomic mass is 127. The molecular formula is C14H11ClINO. The van der Waals surface area contributed by atoms with Gasteiger partial charge in [-0.3, -0.25) is 4.79 Å². The predicted molar refractivity (Wildman–Crippen MR) is 81.8 cm³/mol. The molecule has 0 unspecified atom stereocenters. The van der Waals surface area contributed by atoms with Crippen LogP contribution >= 0.6 is 34.2 Å². The number of nitrogens with one attached hydrogen (secondary N) is 1. The van der Waals surface area contributed by atoms with Gasteiger partial charge in [0.1, 0.15) is 0 Å². The average molecular weight is 372 g/mol. The van der Waals surface area contributed by atoms with E-state index in [9.17, 15) is 4.79 Å². The Kier molecular flexibility index (Phi) is 4.60. The van der Waals surface area contributed by atoms with Gasteiger partial charge in [0.15, 0.2) is 0 Å². The molecule has 0 radical (unpaired) electrons. The van der Waals surface area contributed by atoms with Crippen LogP contribution in [0.15, 0.2) is 48.5 Å². The van der Waals surface area contributed by atoms with Gasteiger partial charge in [-0.25, -0.2) is 0 Å². The van der Waals surface area contributed by atoms with Crippen LogP contribution in [0.25, 0.3) is 0 Å². The molecule has 0 aliphatic carbocycles. The predicted octanol–water partition coefficient (Wildman–Crippen LogP) is 3.87. The van der Waals surface area contributed by atoms with E-state index in [1.807, 2.05) is 48.5 Å². The molecule has 1 amide bonds. The van der Waals surface area contributed by atoms with E-state index in [4.69, 9.17) is 11.6 Å². The molecule has 0 heterocycles. The van der Waals surface area contributed by atoms with Crippen LogP contribution in [0.1, 0.15) is 15.9 Å². The van der Waals surface area contributed by atoms with Crippen molar-refractivity contribution in [2.24, 2.45) is 0 Å². The molecule has 0 spiro atoms. The molecular weight excluding hydrogens is 361 g/mol. The van der Waals surface area contributed by atoms with Gasteiger partial charge >= 0.3 is 0 Å². The van der Waals surface area contributed by atoms with Gasteiger partial charge in [0.2, 0.25) is 0 Å². The zero-order chi connectivity index (χ0) is 13.0. The third kappa shape index (κ3) is 3.71. The van der Waals surface area contributed by atoms with Crippen LogP contribution in [0, 0.1) is 3.57 Å². The normalized spacial score (nSPS) is 10.1. The number of carbonyl (C=O) groups is 1. The van der Waals surface area contributed by atoms with Crippen LogP contribution in [-0.2, 0) is 6.54 Å².